The van der Waals surface area contributed by atoms with Crippen LogP contribution in [0.5, 0.6) is 0 Å². The van der Waals surface area contributed by atoms with Crippen LogP contribution in [0.15, 0.2) is 36.7 Å². The number of nitrogens with zero attached hydrogens (tertiary/aromatic N) is 3. The lowest BCUT2D eigenvalue weighted by atomic mass is 10.3. The predicted octanol–water partition coefficient (Wildman–Crippen LogP) is 0.891. The molecule has 0 spiro atoms. The van der Waals surface area contributed by atoms with E-state index in [0.29, 0.717) is 26.2 Å². The molecule has 2 N–H and O–H groups in total. The lowest BCUT2D eigenvalue weighted by molar-refractivity contribution is 0.196. The van der Waals surface area contributed by atoms with Crippen LogP contribution in [0.1, 0.15) is 0 Å². The van der Waals surface area contributed by atoms with Gasteiger partial charge in [-0.05, 0) is 18.2 Å². The Morgan fingerprint density at radius 1 is 1.24 bits per heavy atom. The average molecular weight is 289 g/mol. The van der Waals surface area contributed by atoms with E-state index in [-0.39, 0.29) is 6.03 Å². The zero-order chi connectivity index (χ0) is 14.9. The van der Waals surface area contributed by atoms with Crippen molar-refractivity contribution in [3.63, 3.8) is 0 Å². The SMILES string of the molecule is COCCNC(=O)NCCn1ccc(-c2ccccn2)n1. The molecule has 0 aromatic carbocycles. The number of carbonyl (C=O) groups excluding carboxylic acids is 1. The third kappa shape index (κ3) is 4.88. The summed E-state index contributed by atoms with van der Waals surface area (Å²) in [5.74, 6) is 0. The first-order chi connectivity index (χ1) is 10.3. The molecule has 21 heavy (non-hydrogen) atoms. The molecule has 0 saturated heterocycles. The third-order valence-corrected chi connectivity index (χ3v) is 2.79. The topological polar surface area (TPSA) is 81.1 Å². The molecule has 2 rings (SSSR count). The van der Waals surface area contributed by atoms with Gasteiger partial charge < -0.3 is 15.4 Å². The fraction of sp³-hybridized carbons (Fsp3) is 0.357. The molecule has 2 amide bonds. The minimum absolute atomic E-state index is 0.204. The number of amides is 2. The van der Waals surface area contributed by atoms with Crippen molar-refractivity contribution in [3.8, 4) is 11.4 Å². The largest absolute Gasteiger partial charge is 0.383 e. The summed E-state index contributed by atoms with van der Waals surface area (Å²) in [5, 5.41) is 9.86. The van der Waals surface area contributed by atoms with E-state index in [1.54, 1.807) is 18.0 Å². The van der Waals surface area contributed by atoms with Gasteiger partial charge in [-0.3, -0.25) is 9.67 Å². The molecule has 0 aliphatic rings. The maximum atomic E-state index is 11.4. The highest BCUT2D eigenvalue weighted by Crippen LogP contribution is 2.12. The Balaban J connectivity index is 1.75. The number of pyridine rings is 1. The van der Waals surface area contributed by atoms with Crippen LogP contribution in [0.25, 0.3) is 11.4 Å². The monoisotopic (exact) mass is 289 g/mol. The Bertz CT molecular complexity index is 556. The van der Waals surface area contributed by atoms with Gasteiger partial charge in [-0.25, -0.2) is 4.79 Å². The highest BCUT2D eigenvalue weighted by molar-refractivity contribution is 5.73. The third-order valence-electron chi connectivity index (χ3n) is 2.79. The Kier molecular flexibility index (Phi) is 5.71. The van der Waals surface area contributed by atoms with Gasteiger partial charge in [-0.1, -0.05) is 6.07 Å². The van der Waals surface area contributed by atoms with Crippen molar-refractivity contribution in [2.45, 2.75) is 6.54 Å². The molecule has 2 heterocycles. The maximum Gasteiger partial charge on any atom is 0.314 e. The van der Waals surface area contributed by atoms with E-state index in [4.69, 9.17) is 4.74 Å². The van der Waals surface area contributed by atoms with E-state index in [1.165, 1.54) is 0 Å². The summed E-state index contributed by atoms with van der Waals surface area (Å²) in [6, 6.07) is 7.40. The van der Waals surface area contributed by atoms with Crippen LogP contribution in [0.4, 0.5) is 4.79 Å². The molecule has 0 atom stereocenters. The first-order valence-electron chi connectivity index (χ1n) is 6.75. The number of aromatic nitrogens is 3. The van der Waals surface area contributed by atoms with E-state index in [0.717, 1.165) is 11.4 Å². The molecule has 2 aromatic rings. The van der Waals surface area contributed by atoms with Crippen molar-refractivity contribution in [1.29, 1.82) is 0 Å². The first-order valence-corrected chi connectivity index (χ1v) is 6.75. The molecule has 0 unspecified atom stereocenters. The quantitative estimate of drug-likeness (QED) is 0.742. The van der Waals surface area contributed by atoms with Crippen molar-refractivity contribution in [2.24, 2.45) is 0 Å². The van der Waals surface area contributed by atoms with E-state index >= 15 is 0 Å². The van der Waals surface area contributed by atoms with Gasteiger partial charge in [-0.2, -0.15) is 5.10 Å². The normalized spacial score (nSPS) is 10.3. The van der Waals surface area contributed by atoms with E-state index < -0.39 is 0 Å². The molecule has 0 radical (unpaired) electrons. The number of nitrogens with one attached hydrogen (secondary N) is 2. The molecular weight excluding hydrogens is 270 g/mol. The molecular formula is C14H19N5O2. The summed E-state index contributed by atoms with van der Waals surface area (Å²) >= 11 is 0. The van der Waals surface area contributed by atoms with Gasteiger partial charge >= 0.3 is 6.03 Å². The summed E-state index contributed by atoms with van der Waals surface area (Å²) in [6.45, 7) is 2.10. The molecule has 0 saturated carbocycles. The number of carbonyl (C=O) groups is 1. The smallest absolute Gasteiger partial charge is 0.314 e. The van der Waals surface area contributed by atoms with E-state index in [2.05, 4.69) is 20.7 Å². The second-order valence-electron chi connectivity index (χ2n) is 4.35. The van der Waals surface area contributed by atoms with Gasteiger partial charge in [0.15, 0.2) is 0 Å². The molecule has 0 fully saturated rings. The second kappa shape index (κ2) is 8.01. The van der Waals surface area contributed by atoms with Crippen LogP contribution in [-0.2, 0) is 11.3 Å². The summed E-state index contributed by atoms with van der Waals surface area (Å²) in [6.07, 6.45) is 3.61. The van der Waals surface area contributed by atoms with Crippen molar-refractivity contribution >= 4 is 6.03 Å². The second-order valence-corrected chi connectivity index (χ2v) is 4.35. The first kappa shape index (κ1) is 15.0. The van der Waals surface area contributed by atoms with Crippen LogP contribution in [0.3, 0.4) is 0 Å². The van der Waals surface area contributed by atoms with Crippen molar-refractivity contribution in [3.05, 3.63) is 36.7 Å². The standard InChI is InChI=1S/C14H19N5O2/c1-21-11-8-17-14(20)16-7-10-19-9-5-13(18-19)12-4-2-3-6-15-12/h2-6,9H,7-8,10-11H2,1H3,(H2,16,17,20). The molecule has 0 aliphatic heterocycles. The van der Waals surface area contributed by atoms with Crippen LogP contribution in [-0.4, -0.2) is 47.6 Å². The number of ether oxygens (including phenoxy) is 1. The van der Waals surface area contributed by atoms with Crippen LogP contribution < -0.4 is 10.6 Å². The zero-order valence-electron chi connectivity index (χ0n) is 12.0. The number of urea groups is 1. The molecule has 0 bridgehead atoms. The minimum atomic E-state index is -0.204. The number of methoxy groups -OCH3 is 1. The molecule has 0 aliphatic carbocycles. The summed E-state index contributed by atoms with van der Waals surface area (Å²) < 4.78 is 6.63. The summed E-state index contributed by atoms with van der Waals surface area (Å²) in [5.41, 5.74) is 1.65. The van der Waals surface area contributed by atoms with Gasteiger partial charge in [0.05, 0.1) is 18.8 Å². The fourth-order valence-corrected chi connectivity index (χ4v) is 1.75. The highest BCUT2D eigenvalue weighted by atomic mass is 16.5. The zero-order valence-corrected chi connectivity index (χ0v) is 12.0. The lowest BCUT2D eigenvalue weighted by Crippen LogP contribution is -2.38. The molecule has 112 valence electrons. The van der Waals surface area contributed by atoms with Crippen LogP contribution in [0, 0.1) is 0 Å². The van der Waals surface area contributed by atoms with Gasteiger partial charge in [0, 0.05) is 32.6 Å². The van der Waals surface area contributed by atoms with Crippen molar-refractivity contribution in [1.82, 2.24) is 25.4 Å². The predicted molar refractivity (Wildman–Crippen MR) is 78.7 cm³/mol. The maximum absolute atomic E-state index is 11.4. The number of hydrogen-bond acceptors (Lipinski definition) is 4. The van der Waals surface area contributed by atoms with Crippen molar-refractivity contribution < 1.29 is 9.53 Å². The molecule has 7 nitrogen and oxygen atoms in total. The Hall–Kier alpha value is -2.41. The Morgan fingerprint density at radius 3 is 2.86 bits per heavy atom. The van der Waals surface area contributed by atoms with E-state index in [1.807, 2.05) is 30.5 Å². The number of rotatable bonds is 7. The van der Waals surface area contributed by atoms with Gasteiger partial charge in [0.2, 0.25) is 0 Å². The van der Waals surface area contributed by atoms with Gasteiger partial charge in [0.1, 0.15) is 5.69 Å². The lowest BCUT2D eigenvalue weighted by Gasteiger charge is -2.07. The molecule has 7 heteroatoms. The van der Waals surface area contributed by atoms with Crippen molar-refractivity contribution in [2.75, 3.05) is 26.8 Å². The van der Waals surface area contributed by atoms with E-state index in [9.17, 15) is 4.79 Å². The van der Waals surface area contributed by atoms with Gasteiger partial charge in [-0.15, -0.1) is 0 Å². The summed E-state index contributed by atoms with van der Waals surface area (Å²) in [7, 11) is 1.59. The average Bonchev–Trinajstić information content (AvgIpc) is 2.97. The Morgan fingerprint density at radius 2 is 2.10 bits per heavy atom. The van der Waals surface area contributed by atoms with Crippen LogP contribution in [0.2, 0.25) is 0 Å². The van der Waals surface area contributed by atoms with Gasteiger partial charge in [0.25, 0.3) is 0 Å². The number of hydrogen-bond donors (Lipinski definition) is 2. The Labute approximate surface area is 123 Å². The molecule has 2 aromatic heterocycles. The minimum Gasteiger partial charge on any atom is -0.383 e. The van der Waals surface area contributed by atoms with Crippen LogP contribution >= 0.6 is 0 Å². The fourth-order valence-electron chi connectivity index (χ4n) is 1.75. The highest BCUT2D eigenvalue weighted by Gasteiger charge is 2.03. The summed E-state index contributed by atoms with van der Waals surface area (Å²) in [4.78, 5) is 15.7.